The number of rotatable bonds is 4. The van der Waals surface area contributed by atoms with E-state index >= 15 is 0 Å². The van der Waals surface area contributed by atoms with Gasteiger partial charge in [-0.1, -0.05) is 12.1 Å². The molecule has 0 aliphatic carbocycles. The van der Waals surface area contributed by atoms with Gasteiger partial charge in [-0.05, 0) is 17.7 Å². The molecule has 2 unspecified atom stereocenters. The molecule has 0 amide bonds. The fourth-order valence-electron chi connectivity index (χ4n) is 1.15. The summed E-state index contributed by atoms with van der Waals surface area (Å²) in [6.07, 6.45) is -3.13. The molecule has 5 heteroatoms. The van der Waals surface area contributed by atoms with Crippen LogP contribution in [0.2, 0.25) is 0 Å². The second kappa shape index (κ2) is 4.77. The van der Waals surface area contributed by atoms with Crippen molar-refractivity contribution in [2.75, 3.05) is 0 Å². The van der Waals surface area contributed by atoms with Crippen LogP contribution in [0, 0.1) is 0 Å². The highest BCUT2D eigenvalue weighted by atomic mass is 16.4. The van der Waals surface area contributed by atoms with E-state index in [2.05, 4.69) is 0 Å². The van der Waals surface area contributed by atoms with Crippen molar-refractivity contribution < 1.29 is 25.2 Å². The number of carboxylic acid groups (broad SMARTS) is 1. The third-order valence-electron chi connectivity index (χ3n) is 2.00. The molecule has 1 aromatic rings. The van der Waals surface area contributed by atoms with Crippen LogP contribution in [0.15, 0.2) is 24.3 Å². The predicted molar refractivity (Wildman–Crippen MR) is 51.5 cm³/mol. The molecule has 0 spiro atoms. The summed E-state index contributed by atoms with van der Waals surface area (Å²) in [6, 6.07) is 5.95. The number of carboxylic acids is 1. The zero-order chi connectivity index (χ0) is 11.4. The zero-order valence-corrected chi connectivity index (χ0v) is 7.87. The van der Waals surface area contributed by atoms with Crippen molar-refractivity contribution in [3.63, 3.8) is 0 Å². The molecule has 0 saturated heterocycles. The highest BCUT2D eigenvalue weighted by Gasteiger charge is 2.23. The molecule has 82 valence electrons. The van der Waals surface area contributed by atoms with Crippen LogP contribution in [-0.4, -0.2) is 38.6 Å². The van der Waals surface area contributed by atoms with E-state index in [0.29, 0.717) is 5.56 Å². The summed E-state index contributed by atoms with van der Waals surface area (Å²) in [5.41, 5.74) is 0.639. The van der Waals surface area contributed by atoms with Crippen LogP contribution in [0.25, 0.3) is 0 Å². The number of aliphatic carboxylic acids is 1. The standard InChI is InChI=1S/C10H12O5/c11-7-3-1-6(2-4-7)5-8(12)9(13)10(14)15/h1-4,8-9,11-13H,5H2,(H,14,15). The Morgan fingerprint density at radius 2 is 1.73 bits per heavy atom. The van der Waals surface area contributed by atoms with E-state index in [1.807, 2.05) is 0 Å². The Kier molecular flexibility index (Phi) is 3.65. The summed E-state index contributed by atoms with van der Waals surface area (Å²) in [6.45, 7) is 0. The molecular formula is C10H12O5. The number of aromatic hydroxyl groups is 1. The van der Waals surface area contributed by atoms with Crippen LogP contribution >= 0.6 is 0 Å². The third kappa shape index (κ3) is 3.23. The molecule has 0 saturated carbocycles. The van der Waals surface area contributed by atoms with Crippen molar-refractivity contribution in [1.82, 2.24) is 0 Å². The van der Waals surface area contributed by atoms with Gasteiger partial charge in [0, 0.05) is 6.42 Å². The van der Waals surface area contributed by atoms with E-state index in [4.69, 9.17) is 15.3 Å². The van der Waals surface area contributed by atoms with Gasteiger partial charge in [-0.15, -0.1) is 0 Å². The average Bonchev–Trinajstić information content (AvgIpc) is 2.20. The van der Waals surface area contributed by atoms with Crippen molar-refractivity contribution in [1.29, 1.82) is 0 Å². The van der Waals surface area contributed by atoms with E-state index in [1.165, 1.54) is 12.1 Å². The van der Waals surface area contributed by atoms with Gasteiger partial charge in [-0.3, -0.25) is 0 Å². The normalized spacial score (nSPS) is 14.5. The molecule has 2 atom stereocenters. The maximum absolute atomic E-state index is 10.3. The lowest BCUT2D eigenvalue weighted by Gasteiger charge is -2.13. The second-order valence-corrected chi connectivity index (χ2v) is 3.22. The Balaban J connectivity index is 2.62. The summed E-state index contributed by atoms with van der Waals surface area (Å²) in [4.78, 5) is 10.3. The van der Waals surface area contributed by atoms with E-state index in [1.54, 1.807) is 12.1 Å². The molecule has 0 aliphatic heterocycles. The lowest BCUT2D eigenvalue weighted by molar-refractivity contribution is -0.152. The molecular weight excluding hydrogens is 200 g/mol. The minimum Gasteiger partial charge on any atom is -0.508 e. The first kappa shape index (κ1) is 11.5. The van der Waals surface area contributed by atoms with Gasteiger partial charge in [-0.25, -0.2) is 4.79 Å². The number of phenols is 1. The summed E-state index contributed by atoms with van der Waals surface area (Å²) in [5.74, 6) is -1.37. The number of hydrogen-bond donors (Lipinski definition) is 4. The summed E-state index contributed by atoms with van der Waals surface area (Å²) < 4.78 is 0. The SMILES string of the molecule is O=C(O)C(O)C(O)Cc1ccc(O)cc1. The van der Waals surface area contributed by atoms with Crippen molar-refractivity contribution in [2.45, 2.75) is 18.6 Å². The maximum Gasteiger partial charge on any atom is 0.335 e. The Labute approximate surface area is 86.2 Å². The van der Waals surface area contributed by atoms with Gasteiger partial charge < -0.3 is 20.4 Å². The number of phenolic OH excluding ortho intramolecular Hbond substituents is 1. The molecule has 1 rings (SSSR count). The van der Waals surface area contributed by atoms with Crippen LogP contribution in [0.4, 0.5) is 0 Å². The van der Waals surface area contributed by atoms with Crippen LogP contribution in [-0.2, 0) is 11.2 Å². The molecule has 0 aromatic heterocycles. The summed E-state index contributed by atoms with van der Waals surface area (Å²) in [5, 5.41) is 35.7. The number of aliphatic hydroxyl groups is 2. The van der Waals surface area contributed by atoms with Crippen molar-refractivity contribution in [2.24, 2.45) is 0 Å². The molecule has 0 fully saturated rings. The Morgan fingerprint density at radius 1 is 1.20 bits per heavy atom. The first-order chi connectivity index (χ1) is 7.00. The molecule has 15 heavy (non-hydrogen) atoms. The number of benzene rings is 1. The Bertz CT molecular complexity index is 332. The van der Waals surface area contributed by atoms with Crippen molar-refractivity contribution >= 4 is 5.97 Å². The molecule has 1 aromatic carbocycles. The molecule has 0 aliphatic rings. The minimum atomic E-state index is -1.79. The monoisotopic (exact) mass is 212 g/mol. The molecule has 0 heterocycles. The maximum atomic E-state index is 10.3. The van der Waals surface area contributed by atoms with Crippen molar-refractivity contribution in [3.05, 3.63) is 29.8 Å². The highest BCUT2D eigenvalue weighted by molar-refractivity contribution is 5.72. The van der Waals surface area contributed by atoms with Crippen LogP contribution in [0.3, 0.4) is 0 Å². The third-order valence-corrected chi connectivity index (χ3v) is 2.00. The Hall–Kier alpha value is -1.59. The molecule has 0 radical (unpaired) electrons. The largest absolute Gasteiger partial charge is 0.508 e. The number of hydrogen-bond acceptors (Lipinski definition) is 4. The number of carbonyl (C=O) groups is 1. The number of aliphatic hydroxyl groups excluding tert-OH is 2. The van der Waals surface area contributed by atoms with Gasteiger partial charge in [0.1, 0.15) is 5.75 Å². The lowest BCUT2D eigenvalue weighted by Crippen LogP contribution is -2.35. The average molecular weight is 212 g/mol. The lowest BCUT2D eigenvalue weighted by atomic mass is 10.0. The van der Waals surface area contributed by atoms with E-state index in [0.717, 1.165) is 0 Å². The fraction of sp³-hybridized carbons (Fsp3) is 0.300. The van der Waals surface area contributed by atoms with Gasteiger partial charge in [0.15, 0.2) is 6.10 Å². The fourth-order valence-corrected chi connectivity index (χ4v) is 1.15. The zero-order valence-electron chi connectivity index (χ0n) is 7.87. The van der Waals surface area contributed by atoms with Crippen LogP contribution in [0.1, 0.15) is 5.56 Å². The minimum absolute atomic E-state index is 0.0216. The first-order valence-corrected chi connectivity index (χ1v) is 4.37. The van der Waals surface area contributed by atoms with E-state index in [9.17, 15) is 9.90 Å². The van der Waals surface area contributed by atoms with Gasteiger partial charge in [0.25, 0.3) is 0 Å². The molecule has 0 bridgehead atoms. The van der Waals surface area contributed by atoms with Gasteiger partial charge in [0.05, 0.1) is 6.10 Å². The van der Waals surface area contributed by atoms with Gasteiger partial charge in [0.2, 0.25) is 0 Å². The first-order valence-electron chi connectivity index (χ1n) is 4.37. The Morgan fingerprint density at radius 3 is 2.20 bits per heavy atom. The van der Waals surface area contributed by atoms with Crippen molar-refractivity contribution in [3.8, 4) is 5.75 Å². The summed E-state index contributed by atoms with van der Waals surface area (Å²) in [7, 11) is 0. The van der Waals surface area contributed by atoms with E-state index < -0.39 is 18.2 Å². The van der Waals surface area contributed by atoms with Crippen LogP contribution < -0.4 is 0 Å². The molecule has 5 nitrogen and oxygen atoms in total. The van der Waals surface area contributed by atoms with Crippen LogP contribution in [0.5, 0.6) is 5.75 Å². The van der Waals surface area contributed by atoms with Gasteiger partial charge >= 0.3 is 5.97 Å². The van der Waals surface area contributed by atoms with E-state index in [-0.39, 0.29) is 12.2 Å². The highest BCUT2D eigenvalue weighted by Crippen LogP contribution is 2.12. The quantitative estimate of drug-likeness (QED) is 0.551. The van der Waals surface area contributed by atoms with Gasteiger partial charge in [-0.2, -0.15) is 0 Å². The topological polar surface area (TPSA) is 98.0 Å². The smallest absolute Gasteiger partial charge is 0.335 e. The summed E-state index contributed by atoms with van der Waals surface area (Å²) >= 11 is 0. The predicted octanol–water partition coefficient (Wildman–Crippen LogP) is -0.259. The molecule has 4 N–H and O–H groups in total. The second-order valence-electron chi connectivity index (χ2n) is 3.22.